The molecule has 1 atom stereocenters. The molecule has 3 nitrogen and oxygen atoms in total. The van der Waals surface area contributed by atoms with E-state index in [9.17, 15) is 9.90 Å². The minimum atomic E-state index is -0.0936. The van der Waals surface area contributed by atoms with Crippen molar-refractivity contribution in [2.24, 2.45) is 11.3 Å². The lowest BCUT2D eigenvalue weighted by atomic mass is 9.88. The van der Waals surface area contributed by atoms with Crippen molar-refractivity contribution >= 4 is 5.91 Å². The van der Waals surface area contributed by atoms with E-state index >= 15 is 0 Å². The van der Waals surface area contributed by atoms with Crippen molar-refractivity contribution in [2.75, 3.05) is 6.61 Å². The Morgan fingerprint density at radius 2 is 1.94 bits per heavy atom. The summed E-state index contributed by atoms with van der Waals surface area (Å²) in [6.07, 6.45) is 6.38. The third-order valence-corrected chi connectivity index (χ3v) is 3.39. The van der Waals surface area contributed by atoms with E-state index in [1.807, 2.05) is 0 Å². The summed E-state index contributed by atoms with van der Waals surface area (Å²) in [5, 5.41) is 12.2. The Kier molecular flexibility index (Phi) is 5.44. The molecule has 0 aromatic rings. The third-order valence-electron chi connectivity index (χ3n) is 3.39. The molecule has 0 spiro atoms. The van der Waals surface area contributed by atoms with Gasteiger partial charge in [0.2, 0.25) is 5.91 Å². The van der Waals surface area contributed by atoms with Crippen LogP contribution >= 0.6 is 0 Å². The maximum atomic E-state index is 11.8. The summed E-state index contributed by atoms with van der Waals surface area (Å²) in [7, 11) is 0. The normalized spacial score (nSPS) is 19.3. The molecule has 0 aromatic carbocycles. The summed E-state index contributed by atoms with van der Waals surface area (Å²) in [6.45, 7) is 6.41. The first kappa shape index (κ1) is 14.5. The van der Waals surface area contributed by atoms with Gasteiger partial charge in [-0.05, 0) is 30.6 Å². The summed E-state index contributed by atoms with van der Waals surface area (Å²) < 4.78 is 0. The number of carbonyl (C=O) groups is 1. The van der Waals surface area contributed by atoms with Gasteiger partial charge in [0.25, 0.3) is 0 Å². The van der Waals surface area contributed by atoms with Gasteiger partial charge in [0.05, 0.1) is 12.6 Å². The lowest BCUT2D eigenvalue weighted by Crippen LogP contribution is -2.40. The van der Waals surface area contributed by atoms with Crippen LogP contribution < -0.4 is 5.32 Å². The van der Waals surface area contributed by atoms with Crippen molar-refractivity contribution in [3.63, 3.8) is 0 Å². The molecule has 1 aliphatic rings. The maximum Gasteiger partial charge on any atom is 0.220 e. The number of aliphatic hydroxyl groups is 1. The zero-order valence-electron chi connectivity index (χ0n) is 11.5. The van der Waals surface area contributed by atoms with Crippen LogP contribution in [0.2, 0.25) is 0 Å². The Morgan fingerprint density at radius 1 is 1.35 bits per heavy atom. The van der Waals surface area contributed by atoms with Gasteiger partial charge in [-0.3, -0.25) is 4.79 Å². The maximum absolute atomic E-state index is 11.8. The summed E-state index contributed by atoms with van der Waals surface area (Å²) in [5.41, 5.74) is 0.133. The number of amides is 1. The van der Waals surface area contributed by atoms with Crippen LogP contribution in [0.5, 0.6) is 0 Å². The van der Waals surface area contributed by atoms with E-state index < -0.39 is 0 Å². The van der Waals surface area contributed by atoms with Crippen LogP contribution in [0.4, 0.5) is 0 Å². The average molecular weight is 241 g/mol. The molecule has 0 bridgehead atoms. The second-order valence-corrected chi connectivity index (χ2v) is 6.57. The molecule has 100 valence electrons. The minimum absolute atomic E-state index is 0.0354. The smallest absolute Gasteiger partial charge is 0.220 e. The predicted octanol–water partition coefficient (Wildman–Crippen LogP) is 2.48. The van der Waals surface area contributed by atoms with Gasteiger partial charge < -0.3 is 10.4 Å². The minimum Gasteiger partial charge on any atom is -0.394 e. The fraction of sp³-hybridized carbons (Fsp3) is 0.929. The zero-order chi connectivity index (χ0) is 12.9. The number of aliphatic hydroxyl groups excluding tert-OH is 1. The summed E-state index contributed by atoms with van der Waals surface area (Å²) in [6, 6.07) is -0.0936. The van der Waals surface area contributed by atoms with Gasteiger partial charge in [0.15, 0.2) is 0 Å². The largest absolute Gasteiger partial charge is 0.394 e. The molecule has 0 saturated heterocycles. The van der Waals surface area contributed by atoms with E-state index in [2.05, 4.69) is 26.1 Å². The molecule has 1 aliphatic carbocycles. The van der Waals surface area contributed by atoms with Gasteiger partial charge in [0.1, 0.15) is 0 Å². The Hall–Kier alpha value is -0.570. The fourth-order valence-corrected chi connectivity index (χ4v) is 2.66. The SMILES string of the molecule is CC(C)(C)CC(CO)NC(=O)CC1CCCC1. The van der Waals surface area contributed by atoms with Crippen LogP contribution in [0.25, 0.3) is 0 Å². The van der Waals surface area contributed by atoms with Crippen molar-refractivity contribution < 1.29 is 9.90 Å². The molecule has 1 fully saturated rings. The molecular formula is C14H27NO2. The van der Waals surface area contributed by atoms with E-state index in [1.165, 1.54) is 25.7 Å². The van der Waals surface area contributed by atoms with Crippen molar-refractivity contribution in [2.45, 2.75) is 65.3 Å². The highest BCUT2D eigenvalue weighted by atomic mass is 16.3. The number of carbonyl (C=O) groups excluding carboxylic acids is 1. The number of nitrogens with one attached hydrogen (secondary N) is 1. The molecule has 0 aromatic heterocycles. The first-order chi connectivity index (χ1) is 7.90. The second-order valence-electron chi connectivity index (χ2n) is 6.57. The second kappa shape index (κ2) is 6.39. The molecule has 0 aliphatic heterocycles. The van der Waals surface area contributed by atoms with Gasteiger partial charge in [-0.25, -0.2) is 0 Å². The number of hydrogen-bond donors (Lipinski definition) is 2. The van der Waals surface area contributed by atoms with Crippen LogP contribution in [0, 0.1) is 11.3 Å². The van der Waals surface area contributed by atoms with Crippen LogP contribution in [0.1, 0.15) is 59.3 Å². The van der Waals surface area contributed by atoms with Gasteiger partial charge in [-0.2, -0.15) is 0 Å². The lowest BCUT2D eigenvalue weighted by Gasteiger charge is -2.25. The highest BCUT2D eigenvalue weighted by Gasteiger charge is 2.22. The van der Waals surface area contributed by atoms with Crippen molar-refractivity contribution in [3.05, 3.63) is 0 Å². The third kappa shape index (κ3) is 6.06. The standard InChI is InChI=1S/C14H27NO2/c1-14(2,3)9-12(10-16)15-13(17)8-11-6-4-5-7-11/h11-12,16H,4-10H2,1-3H3,(H,15,17). The van der Waals surface area contributed by atoms with E-state index in [1.54, 1.807) is 0 Å². The van der Waals surface area contributed by atoms with E-state index in [0.29, 0.717) is 12.3 Å². The first-order valence-corrected chi connectivity index (χ1v) is 6.81. The van der Waals surface area contributed by atoms with Crippen molar-refractivity contribution in [1.82, 2.24) is 5.32 Å². The Morgan fingerprint density at radius 3 is 2.41 bits per heavy atom. The summed E-state index contributed by atoms with van der Waals surface area (Å²) in [5.74, 6) is 0.684. The molecule has 17 heavy (non-hydrogen) atoms. The molecule has 1 unspecified atom stereocenters. The van der Waals surface area contributed by atoms with Gasteiger partial charge in [-0.15, -0.1) is 0 Å². The first-order valence-electron chi connectivity index (χ1n) is 6.81. The van der Waals surface area contributed by atoms with E-state index in [0.717, 1.165) is 6.42 Å². The van der Waals surface area contributed by atoms with E-state index in [4.69, 9.17) is 0 Å². The Labute approximate surface area is 105 Å². The monoisotopic (exact) mass is 241 g/mol. The molecule has 1 amide bonds. The van der Waals surface area contributed by atoms with Gasteiger partial charge in [0, 0.05) is 6.42 Å². The molecule has 0 radical (unpaired) electrons. The van der Waals surface area contributed by atoms with Crippen LogP contribution in [0.3, 0.4) is 0 Å². The quantitative estimate of drug-likeness (QED) is 0.777. The molecule has 1 saturated carbocycles. The molecule has 3 heteroatoms. The predicted molar refractivity (Wildman–Crippen MR) is 69.7 cm³/mol. The van der Waals surface area contributed by atoms with Crippen molar-refractivity contribution in [1.29, 1.82) is 0 Å². The molecule has 1 rings (SSSR count). The number of hydrogen-bond acceptors (Lipinski definition) is 2. The molecular weight excluding hydrogens is 214 g/mol. The zero-order valence-corrected chi connectivity index (χ0v) is 11.5. The lowest BCUT2D eigenvalue weighted by molar-refractivity contribution is -0.123. The summed E-state index contributed by atoms with van der Waals surface area (Å²) >= 11 is 0. The van der Waals surface area contributed by atoms with Crippen LogP contribution in [-0.4, -0.2) is 23.7 Å². The molecule has 0 heterocycles. The number of rotatable bonds is 5. The average Bonchev–Trinajstić information content (AvgIpc) is 2.67. The van der Waals surface area contributed by atoms with Gasteiger partial charge >= 0.3 is 0 Å². The van der Waals surface area contributed by atoms with Gasteiger partial charge in [-0.1, -0.05) is 33.6 Å². The molecule has 2 N–H and O–H groups in total. The Balaban J connectivity index is 2.31. The Bertz CT molecular complexity index is 239. The summed E-state index contributed by atoms with van der Waals surface area (Å²) in [4.78, 5) is 11.8. The van der Waals surface area contributed by atoms with Crippen LogP contribution in [-0.2, 0) is 4.79 Å². The highest BCUT2D eigenvalue weighted by Crippen LogP contribution is 2.27. The van der Waals surface area contributed by atoms with E-state index in [-0.39, 0.29) is 24.0 Å². The van der Waals surface area contributed by atoms with Crippen molar-refractivity contribution in [3.8, 4) is 0 Å². The highest BCUT2D eigenvalue weighted by molar-refractivity contribution is 5.76. The fourth-order valence-electron chi connectivity index (χ4n) is 2.66. The van der Waals surface area contributed by atoms with Crippen LogP contribution in [0.15, 0.2) is 0 Å². The topological polar surface area (TPSA) is 49.3 Å².